The monoisotopic (exact) mass is 370 g/mol. The number of imide groups is 1. The number of amides is 2. The van der Waals surface area contributed by atoms with Crippen LogP contribution in [0.5, 0.6) is 0 Å². The summed E-state index contributed by atoms with van der Waals surface area (Å²) in [6, 6.07) is 3.85. The number of nitrogens with zero attached hydrogens (tertiary/aromatic N) is 2. The summed E-state index contributed by atoms with van der Waals surface area (Å²) in [5.41, 5.74) is -1.40. The molecule has 1 aromatic carbocycles. The molecule has 2 amide bonds. The van der Waals surface area contributed by atoms with Crippen molar-refractivity contribution in [3.05, 3.63) is 29.8 Å². The van der Waals surface area contributed by atoms with Crippen molar-refractivity contribution in [1.29, 1.82) is 0 Å². The van der Waals surface area contributed by atoms with Gasteiger partial charge in [-0.1, -0.05) is 18.6 Å². The normalized spacial score (nSPS) is 25.2. The first-order chi connectivity index (χ1) is 12.3. The summed E-state index contributed by atoms with van der Waals surface area (Å²) < 4.78 is 39.8. The van der Waals surface area contributed by atoms with Crippen LogP contribution in [0.3, 0.4) is 0 Å². The van der Waals surface area contributed by atoms with E-state index in [1.165, 1.54) is 12.1 Å². The lowest BCUT2D eigenvalue weighted by molar-refractivity contribution is -0.137. The molecule has 1 aromatic rings. The third-order valence-corrected chi connectivity index (χ3v) is 5.11. The molecule has 0 bridgehead atoms. The number of rotatable bonds is 4. The SMILES string of the molecule is O=C1C[C@@H](N2CCCC[C@H]2CCO)C(=O)N1c1ccccc1C(F)(F)F. The van der Waals surface area contributed by atoms with Crippen LogP contribution in [0.2, 0.25) is 0 Å². The number of likely N-dealkylation sites (tertiary alicyclic amines) is 1. The molecule has 3 rings (SSSR count). The molecule has 8 heteroatoms. The molecular weight excluding hydrogens is 349 g/mol. The summed E-state index contributed by atoms with van der Waals surface area (Å²) in [6.45, 7) is 0.569. The average molecular weight is 370 g/mol. The molecule has 0 radical (unpaired) electrons. The largest absolute Gasteiger partial charge is 0.418 e. The first kappa shape index (κ1) is 18.8. The molecule has 2 saturated heterocycles. The zero-order chi connectivity index (χ0) is 18.9. The zero-order valence-corrected chi connectivity index (χ0v) is 14.2. The number of alkyl halides is 3. The fourth-order valence-corrected chi connectivity index (χ4v) is 3.93. The van der Waals surface area contributed by atoms with Gasteiger partial charge >= 0.3 is 6.18 Å². The fourth-order valence-electron chi connectivity index (χ4n) is 3.93. The molecule has 1 N–H and O–H groups in total. The van der Waals surface area contributed by atoms with Crippen molar-refractivity contribution in [2.24, 2.45) is 0 Å². The number of para-hydroxylation sites is 1. The van der Waals surface area contributed by atoms with Gasteiger partial charge in [-0.2, -0.15) is 13.2 Å². The molecule has 5 nitrogen and oxygen atoms in total. The van der Waals surface area contributed by atoms with Gasteiger partial charge in [-0.25, -0.2) is 4.90 Å². The van der Waals surface area contributed by atoms with E-state index in [0.717, 1.165) is 31.4 Å². The molecule has 2 aliphatic heterocycles. The molecule has 0 unspecified atom stereocenters. The number of aliphatic hydroxyl groups excluding tert-OH is 1. The molecule has 2 heterocycles. The Hall–Kier alpha value is -1.93. The van der Waals surface area contributed by atoms with E-state index in [0.29, 0.717) is 17.9 Å². The molecule has 0 aromatic heterocycles. The number of benzene rings is 1. The quantitative estimate of drug-likeness (QED) is 0.828. The van der Waals surface area contributed by atoms with Gasteiger partial charge in [0.2, 0.25) is 5.91 Å². The average Bonchev–Trinajstić information content (AvgIpc) is 2.89. The van der Waals surface area contributed by atoms with E-state index in [2.05, 4.69) is 0 Å². The van der Waals surface area contributed by atoms with Crippen molar-refractivity contribution in [2.45, 2.75) is 50.4 Å². The van der Waals surface area contributed by atoms with Gasteiger partial charge in [-0.05, 0) is 37.9 Å². The van der Waals surface area contributed by atoms with Crippen LogP contribution < -0.4 is 4.90 Å². The van der Waals surface area contributed by atoms with E-state index in [1.54, 1.807) is 0 Å². The molecule has 0 aliphatic carbocycles. The Morgan fingerprint density at radius 2 is 1.88 bits per heavy atom. The second kappa shape index (κ2) is 7.36. The van der Waals surface area contributed by atoms with Gasteiger partial charge in [-0.15, -0.1) is 0 Å². The van der Waals surface area contributed by atoms with Crippen LogP contribution in [0.25, 0.3) is 0 Å². The molecule has 0 spiro atoms. The Bertz CT molecular complexity index is 691. The maximum Gasteiger partial charge on any atom is 0.418 e. The van der Waals surface area contributed by atoms with Crippen LogP contribution in [0.1, 0.15) is 37.7 Å². The number of aliphatic hydroxyl groups is 1. The minimum atomic E-state index is -4.65. The summed E-state index contributed by atoms with van der Waals surface area (Å²) in [4.78, 5) is 27.9. The molecule has 2 atom stereocenters. The van der Waals surface area contributed by atoms with Gasteiger partial charge in [0, 0.05) is 12.6 Å². The predicted octanol–water partition coefficient (Wildman–Crippen LogP) is 2.57. The van der Waals surface area contributed by atoms with Gasteiger partial charge in [-0.3, -0.25) is 14.5 Å². The summed E-state index contributed by atoms with van der Waals surface area (Å²) >= 11 is 0. The minimum Gasteiger partial charge on any atom is -0.396 e. The Kier molecular flexibility index (Phi) is 5.34. The lowest BCUT2D eigenvalue weighted by Gasteiger charge is -2.38. The van der Waals surface area contributed by atoms with Gasteiger partial charge in [0.25, 0.3) is 5.91 Å². The molecule has 142 valence electrons. The maximum absolute atomic E-state index is 13.3. The van der Waals surface area contributed by atoms with E-state index in [4.69, 9.17) is 0 Å². The molecule has 2 fully saturated rings. The summed E-state index contributed by atoms with van der Waals surface area (Å²) in [7, 11) is 0. The lowest BCUT2D eigenvalue weighted by Crippen LogP contribution is -2.50. The van der Waals surface area contributed by atoms with E-state index in [9.17, 15) is 27.9 Å². The third-order valence-electron chi connectivity index (χ3n) is 5.11. The lowest BCUT2D eigenvalue weighted by atomic mass is 9.97. The highest BCUT2D eigenvalue weighted by Gasteiger charge is 2.47. The van der Waals surface area contributed by atoms with E-state index in [-0.39, 0.29) is 19.1 Å². The van der Waals surface area contributed by atoms with Crippen LogP contribution in [0, 0.1) is 0 Å². The highest BCUT2D eigenvalue weighted by Crippen LogP contribution is 2.39. The third kappa shape index (κ3) is 3.48. The Morgan fingerprint density at radius 3 is 2.58 bits per heavy atom. The predicted molar refractivity (Wildman–Crippen MR) is 88.4 cm³/mol. The fraction of sp³-hybridized carbons (Fsp3) is 0.556. The molecule has 0 saturated carbocycles. The molecule has 26 heavy (non-hydrogen) atoms. The summed E-state index contributed by atoms with van der Waals surface area (Å²) in [5, 5.41) is 9.24. The Balaban J connectivity index is 1.91. The van der Waals surface area contributed by atoms with E-state index in [1.807, 2.05) is 4.90 Å². The van der Waals surface area contributed by atoms with Crippen LogP contribution in [-0.4, -0.2) is 47.1 Å². The number of anilines is 1. The van der Waals surface area contributed by atoms with E-state index >= 15 is 0 Å². The number of hydrogen-bond donors (Lipinski definition) is 1. The summed E-state index contributed by atoms with van der Waals surface area (Å²) in [6.07, 6.45) is -1.67. The second-order valence-corrected chi connectivity index (χ2v) is 6.70. The standard InChI is InChI=1S/C18H21F3N2O3/c19-18(20,21)13-6-1-2-7-14(13)23-16(25)11-15(17(23)26)22-9-4-3-5-12(22)8-10-24/h1-2,6-7,12,15,24H,3-5,8-11H2/t12-,15+/m0/s1. The number of halogens is 3. The minimum absolute atomic E-state index is 0.0311. The van der Waals surface area contributed by atoms with Crippen molar-refractivity contribution in [2.75, 3.05) is 18.1 Å². The van der Waals surface area contributed by atoms with Gasteiger partial charge in [0.1, 0.15) is 0 Å². The van der Waals surface area contributed by atoms with Crippen LogP contribution in [0.4, 0.5) is 18.9 Å². The first-order valence-corrected chi connectivity index (χ1v) is 8.74. The number of hydrogen-bond acceptors (Lipinski definition) is 4. The molecular formula is C18H21F3N2O3. The first-order valence-electron chi connectivity index (χ1n) is 8.74. The second-order valence-electron chi connectivity index (χ2n) is 6.70. The summed E-state index contributed by atoms with van der Waals surface area (Å²) in [5.74, 6) is -1.23. The number of carbonyl (C=O) groups excluding carboxylic acids is 2. The highest BCUT2D eigenvalue weighted by atomic mass is 19.4. The van der Waals surface area contributed by atoms with Crippen LogP contribution >= 0.6 is 0 Å². The Morgan fingerprint density at radius 1 is 1.15 bits per heavy atom. The van der Waals surface area contributed by atoms with Crippen molar-refractivity contribution in [3.63, 3.8) is 0 Å². The zero-order valence-electron chi connectivity index (χ0n) is 14.2. The highest BCUT2D eigenvalue weighted by molar-refractivity contribution is 6.22. The number of piperidine rings is 1. The van der Waals surface area contributed by atoms with Gasteiger partial charge in [0.15, 0.2) is 0 Å². The number of carbonyl (C=O) groups is 2. The topological polar surface area (TPSA) is 60.9 Å². The van der Waals surface area contributed by atoms with Crippen molar-refractivity contribution >= 4 is 17.5 Å². The van der Waals surface area contributed by atoms with Crippen molar-refractivity contribution in [3.8, 4) is 0 Å². The molecule has 2 aliphatic rings. The van der Waals surface area contributed by atoms with E-state index < -0.39 is 35.3 Å². The smallest absolute Gasteiger partial charge is 0.396 e. The van der Waals surface area contributed by atoms with Crippen LogP contribution in [0.15, 0.2) is 24.3 Å². The van der Waals surface area contributed by atoms with Crippen molar-refractivity contribution < 1.29 is 27.9 Å². The maximum atomic E-state index is 13.3. The van der Waals surface area contributed by atoms with Crippen LogP contribution in [-0.2, 0) is 15.8 Å². The van der Waals surface area contributed by atoms with Gasteiger partial charge < -0.3 is 5.11 Å². The van der Waals surface area contributed by atoms with Gasteiger partial charge in [0.05, 0.1) is 23.7 Å². The van der Waals surface area contributed by atoms with Crippen molar-refractivity contribution in [1.82, 2.24) is 4.90 Å². The Labute approximate surface area is 149 Å².